The van der Waals surface area contributed by atoms with Gasteiger partial charge < -0.3 is 4.74 Å². The first-order valence-electron chi connectivity index (χ1n) is 4.33. The Balaban J connectivity index is 2.14. The highest BCUT2D eigenvalue weighted by Gasteiger charge is 2.08. The Morgan fingerprint density at radius 3 is 3.07 bits per heavy atom. The molecule has 0 fully saturated rings. The van der Waals surface area contributed by atoms with Crippen LogP contribution in [0.2, 0.25) is 0 Å². The van der Waals surface area contributed by atoms with E-state index in [1.54, 1.807) is 11.3 Å². The van der Waals surface area contributed by atoms with Crippen LogP contribution in [0.5, 0.6) is 0 Å². The number of esters is 1. The Kier molecular flexibility index (Phi) is 3.13. The highest BCUT2D eigenvalue weighted by atomic mass is 32.1. The van der Waals surface area contributed by atoms with Crippen molar-refractivity contribution in [3.05, 3.63) is 27.2 Å². The molecule has 0 saturated heterocycles. The van der Waals surface area contributed by atoms with Gasteiger partial charge in [-0.2, -0.15) is 11.3 Å². The molecule has 2 heterocycles. The largest absolute Gasteiger partial charge is 0.469 e. The maximum Gasteiger partial charge on any atom is 0.312 e. The van der Waals surface area contributed by atoms with Gasteiger partial charge in [0.15, 0.2) is 0 Å². The molecule has 0 amide bonds. The fourth-order valence-corrected chi connectivity index (χ4v) is 2.57. The molecule has 2 aromatic heterocycles. The van der Waals surface area contributed by atoms with Crippen molar-refractivity contribution in [3.8, 4) is 11.3 Å². The van der Waals surface area contributed by atoms with Crippen molar-refractivity contribution in [1.82, 2.24) is 4.98 Å². The number of hydrogen-bond acceptors (Lipinski definition) is 5. The first-order valence-corrected chi connectivity index (χ1v) is 6.15. The molecule has 2 aromatic rings. The third kappa shape index (κ3) is 2.43. The summed E-state index contributed by atoms with van der Waals surface area (Å²) >= 11 is 3.12. The van der Waals surface area contributed by atoms with Crippen LogP contribution in [-0.4, -0.2) is 18.1 Å². The van der Waals surface area contributed by atoms with Crippen molar-refractivity contribution in [2.24, 2.45) is 0 Å². The van der Waals surface area contributed by atoms with Crippen molar-refractivity contribution in [3.63, 3.8) is 0 Å². The average molecular weight is 239 g/mol. The molecule has 0 aliphatic carbocycles. The maximum atomic E-state index is 11.0. The van der Waals surface area contributed by atoms with Crippen molar-refractivity contribution in [2.75, 3.05) is 7.11 Å². The minimum absolute atomic E-state index is 0.249. The third-order valence-corrected chi connectivity index (χ3v) is 3.42. The molecule has 2 rings (SSSR count). The van der Waals surface area contributed by atoms with Crippen LogP contribution >= 0.6 is 22.7 Å². The Morgan fingerprint density at radius 1 is 1.53 bits per heavy atom. The van der Waals surface area contributed by atoms with Crippen LogP contribution in [0.1, 0.15) is 5.01 Å². The highest BCUT2D eigenvalue weighted by Crippen LogP contribution is 2.24. The first-order chi connectivity index (χ1) is 7.29. The zero-order valence-corrected chi connectivity index (χ0v) is 9.73. The molecule has 0 aliphatic rings. The molecule has 15 heavy (non-hydrogen) atoms. The van der Waals surface area contributed by atoms with Crippen molar-refractivity contribution < 1.29 is 9.53 Å². The molecule has 0 aliphatic heterocycles. The molecule has 78 valence electrons. The van der Waals surface area contributed by atoms with E-state index in [1.165, 1.54) is 18.4 Å². The van der Waals surface area contributed by atoms with Gasteiger partial charge in [0, 0.05) is 16.3 Å². The summed E-state index contributed by atoms with van der Waals surface area (Å²) in [5, 5.41) is 6.80. The van der Waals surface area contributed by atoms with E-state index in [-0.39, 0.29) is 12.4 Å². The number of hydrogen-bond donors (Lipinski definition) is 0. The van der Waals surface area contributed by atoms with E-state index in [0.717, 1.165) is 16.3 Å². The van der Waals surface area contributed by atoms with Crippen LogP contribution in [0, 0.1) is 0 Å². The quantitative estimate of drug-likeness (QED) is 0.773. The third-order valence-electron chi connectivity index (χ3n) is 1.89. The summed E-state index contributed by atoms with van der Waals surface area (Å²) < 4.78 is 4.58. The summed E-state index contributed by atoms with van der Waals surface area (Å²) in [6.07, 6.45) is 0.255. The van der Waals surface area contributed by atoms with Crippen LogP contribution in [0.3, 0.4) is 0 Å². The Labute approximate surface area is 95.4 Å². The van der Waals surface area contributed by atoms with Crippen LogP contribution in [0.15, 0.2) is 22.2 Å². The normalized spacial score (nSPS) is 10.2. The van der Waals surface area contributed by atoms with Crippen LogP contribution < -0.4 is 0 Å². The van der Waals surface area contributed by atoms with E-state index in [1.807, 2.05) is 22.2 Å². The monoisotopic (exact) mass is 239 g/mol. The minimum atomic E-state index is -0.249. The van der Waals surface area contributed by atoms with Crippen LogP contribution in [0.25, 0.3) is 11.3 Å². The number of methoxy groups -OCH3 is 1. The van der Waals surface area contributed by atoms with Crippen LogP contribution in [0.4, 0.5) is 0 Å². The Hall–Kier alpha value is -1.20. The summed E-state index contributed by atoms with van der Waals surface area (Å²) in [7, 11) is 1.38. The fraction of sp³-hybridized carbons (Fsp3) is 0.200. The minimum Gasteiger partial charge on any atom is -0.469 e. The average Bonchev–Trinajstić information content (AvgIpc) is 2.85. The van der Waals surface area contributed by atoms with Gasteiger partial charge in [-0.15, -0.1) is 11.3 Å². The van der Waals surface area contributed by atoms with Gasteiger partial charge >= 0.3 is 5.97 Å². The lowest BCUT2D eigenvalue weighted by Crippen LogP contribution is -2.03. The molecular weight excluding hydrogens is 230 g/mol. The number of aromatic nitrogens is 1. The number of thiazole rings is 1. The van der Waals surface area contributed by atoms with Gasteiger partial charge in [0.05, 0.1) is 19.2 Å². The van der Waals surface area contributed by atoms with Crippen molar-refractivity contribution in [1.29, 1.82) is 0 Å². The van der Waals surface area contributed by atoms with E-state index in [2.05, 4.69) is 9.72 Å². The maximum absolute atomic E-state index is 11.0. The molecule has 0 N–H and O–H groups in total. The second-order valence-corrected chi connectivity index (χ2v) is 4.61. The van der Waals surface area contributed by atoms with Crippen LogP contribution in [-0.2, 0) is 16.0 Å². The van der Waals surface area contributed by atoms with Crippen molar-refractivity contribution in [2.45, 2.75) is 6.42 Å². The van der Waals surface area contributed by atoms with E-state index >= 15 is 0 Å². The summed E-state index contributed by atoms with van der Waals surface area (Å²) in [4.78, 5) is 15.4. The lowest BCUT2D eigenvalue weighted by molar-refractivity contribution is -0.139. The first kappa shape index (κ1) is 10.3. The smallest absolute Gasteiger partial charge is 0.312 e. The highest BCUT2D eigenvalue weighted by molar-refractivity contribution is 7.10. The molecule has 3 nitrogen and oxygen atoms in total. The van der Waals surface area contributed by atoms with Gasteiger partial charge in [-0.3, -0.25) is 4.79 Å². The van der Waals surface area contributed by atoms with Gasteiger partial charge in [0.2, 0.25) is 0 Å². The zero-order valence-electron chi connectivity index (χ0n) is 8.10. The number of carbonyl (C=O) groups is 1. The molecule has 0 atom stereocenters. The van der Waals surface area contributed by atoms with Gasteiger partial charge in [-0.1, -0.05) is 0 Å². The predicted octanol–water partition coefficient (Wildman–Crippen LogP) is 2.59. The van der Waals surface area contributed by atoms with Gasteiger partial charge in [-0.25, -0.2) is 4.98 Å². The summed E-state index contributed by atoms with van der Waals surface area (Å²) in [6.45, 7) is 0. The second kappa shape index (κ2) is 4.55. The molecule has 0 aromatic carbocycles. The molecular formula is C10H9NO2S2. The zero-order chi connectivity index (χ0) is 10.7. The number of carbonyl (C=O) groups excluding carboxylic acids is 1. The topological polar surface area (TPSA) is 39.2 Å². The number of thiophene rings is 1. The summed E-state index contributed by atoms with van der Waals surface area (Å²) in [5.41, 5.74) is 2.03. The van der Waals surface area contributed by atoms with E-state index in [9.17, 15) is 4.79 Å². The summed E-state index contributed by atoms with van der Waals surface area (Å²) in [5.74, 6) is -0.249. The second-order valence-electron chi connectivity index (χ2n) is 2.89. The lowest BCUT2D eigenvalue weighted by atomic mass is 10.3. The SMILES string of the molecule is COC(=O)Cc1nc(-c2ccsc2)cs1. The van der Waals surface area contributed by atoms with Gasteiger partial charge in [0.1, 0.15) is 5.01 Å². The number of nitrogens with zero attached hydrogens (tertiary/aromatic N) is 1. The Morgan fingerprint density at radius 2 is 2.40 bits per heavy atom. The van der Waals surface area contributed by atoms with E-state index < -0.39 is 0 Å². The summed E-state index contributed by atoms with van der Waals surface area (Å²) in [6, 6.07) is 2.02. The fourth-order valence-electron chi connectivity index (χ4n) is 1.13. The Bertz CT molecular complexity index is 448. The number of rotatable bonds is 3. The lowest BCUT2D eigenvalue weighted by Gasteiger charge is -1.93. The molecule has 0 bridgehead atoms. The van der Waals surface area contributed by atoms with Gasteiger partial charge in [-0.05, 0) is 11.4 Å². The molecule has 0 spiro atoms. The van der Waals surface area contributed by atoms with E-state index in [4.69, 9.17) is 0 Å². The number of ether oxygens (including phenoxy) is 1. The van der Waals surface area contributed by atoms with Gasteiger partial charge in [0.25, 0.3) is 0 Å². The predicted molar refractivity (Wildman–Crippen MR) is 61.1 cm³/mol. The van der Waals surface area contributed by atoms with E-state index in [0.29, 0.717) is 0 Å². The molecule has 5 heteroatoms. The molecule has 0 saturated carbocycles. The molecule has 0 radical (unpaired) electrons. The van der Waals surface area contributed by atoms with Crippen molar-refractivity contribution >= 4 is 28.6 Å². The molecule has 0 unspecified atom stereocenters. The standard InChI is InChI=1S/C10H9NO2S2/c1-13-10(12)4-9-11-8(6-15-9)7-2-3-14-5-7/h2-3,5-6H,4H2,1H3.